The molecular weight excluding hydrogens is 382 g/mol. The number of benzene rings is 1. The highest BCUT2D eigenvalue weighted by Gasteiger charge is 2.26. The number of aromatic nitrogens is 2. The molecule has 3 heterocycles. The number of carbonyl (C=O) groups is 1. The van der Waals surface area contributed by atoms with Gasteiger partial charge in [-0.05, 0) is 37.5 Å². The smallest absolute Gasteiger partial charge is 0.274 e. The quantitative estimate of drug-likeness (QED) is 0.697. The van der Waals surface area contributed by atoms with Crippen LogP contribution >= 0.6 is 11.3 Å². The summed E-state index contributed by atoms with van der Waals surface area (Å²) >= 11 is 1.52. The molecule has 0 atom stereocenters. The van der Waals surface area contributed by atoms with Crippen molar-refractivity contribution >= 4 is 22.2 Å². The van der Waals surface area contributed by atoms with Crippen LogP contribution in [-0.2, 0) is 26.1 Å². The normalized spacial score (nSPS) is 13.7. The summed E-state index contributed by atoms with van der Waals surface area (Å²) < 4.78 is 1.69. The van der Waals surface area contributed by atoms with Gasteiger partial charge in [0.2, 0.25) is 0 Å². The number of hydrogen-bond donors (Lipinski definition) is 1. The molecule has 7 heteroatoms. The third-order valence-electron chi connectivity index (χ3n) is 5.16. The summed E-state index contributed by atoms with van der Waals surface area (Å²) in [7, 11) is 0. The molecule has 3 aromatic rings. The Bertz CT molecular complexity index is 1080. The molecule has 0 unspecified atom stereocenters. The highest BCUT2D eigenvalue weighted by molar-refractivity contribution is 7.16. The van der Waals surface area contributed by atoms with Crippen molar-refractivity contribution in [2.24, 2.45) is 0 Å². The van der Waals surface area contributed by atoms with E-state index in [9.17, 15) is 10.1 Å². The highest BCUT2D eigenvalue weighted by Crippen LogP contribution is 2.37. The molecule has 1 aliphatic heterocycles. The predicted molar refractivity (Wildman–Crippen MR) is 114 cm³/mol. The Morgan fingerprint density at radius 3 is 2.86 bits per heavy atom. The maximum atomic E-state index is 12.8. The molecule has 0 saturated carbocycles. The molecule has 0 aliphatic carbocycles. The number of hydrogen-bond acceptors (Lipinski definition) is 5. The van der Waals surface area contributed by atoms with E-state index >= 15 is 0 Å². The van der Waals surface area contributed by atoms with Gasteiger partial charge in [0.15, 0.2) is 0 Å². The van der Waals surface area contributed by atoms with Crippen LogP contribution < -0.4 is 5.32 Å². The van der Waals surface area contributed by atoms with Crippen molar-refractivity contribution < 1.29 is 4.79 Å². The molecule has 0 spiro atoms. The summed E-state index contributed by atoms with van der Waals surface area (Å²) in [6.45, 7) is 7.03. The van der Waals surface area contributed by atoms with Crippen LogP contribution in [0.3, 0.4) is 0 Å². The number of thiophene rings is 1. The molecule has 0 fully saturated rings. The average molecular weight is 406 g/mol. The lowest BCUT2D eigenvalue weighted by molar-refractivity contribution is 0.101. The molecule has 1 aromatic carbocycles. The van der Waals surface area contributed by atoms with Gasteiger partial charge in [0, 0.05) is 31.1 Å². The molecule has 1 aliphatic rings. The molecule has 2 aromatic heterocycles. The van der Waals surface area contributed by atoms with Gasteiger partial charge in [0.05, 0.1) is 11.3 Å². The first-order chi connectivity index (χ1) is 14.1. The Hall–Kier alpha value is -2.95. The second kappa shape index (κ2) is 8.19. The lowest BCUT2D eigenvalue weighted by Gasteiger charge is -2.26. The van der Waals surface area contributed by atoms with Gasteiger partial charge in [0.1, 0.15) is 16.8 Å². The van der Waals surface area contributed by atoms with E-state index in [-0.39, 0.29) is 5.91 Å². The average Bonchev–Trinajstić information content (AvgIpc) is 3.27. The van der Waals surface area contributed by atoms with Crippen LogP contribution in [0.15, 0.2) is 36.4 Å². The van der Waals surface area contributed by atoms with Gasteiger partial charge in [-0.2, -0.15) is 10.4 Å². The minimum Gasteiger partial charge on any atom is -0.311 e. The fraction of sp³-hybridized carbons (Fsp3) is 0.318. The van der Waals surface area contributed by atoms with E-state index in [1.165, 1.54) is 21.8 Å². The Labute approximate surface area is 174 Å². The summed E-state index contributed by atoms with van der Waals surface area (Å²) in [4.78, 5) is 16.4. The molecule has 0 bridgehead atoms. The van der Waals surface area contributed by atoms with Crippen molar-refractivity contribution in [3.8, 4) is 6.07 Å². The van der Waals surface area contributed by atoms with Crippen molar-refractivity contribution in [1.29, 1.82) is 5.26 Å². The number of anilines is 1. The third-order valence-corrected chi connectivity index (χ3v) is 6.29. The maximum absolute atomic E-state index is 12.8. The van der Waals surface area contributed by atoms with Crippen LogP contribution in [0, 0.1) is 18.3 Å². The molecule has 0 saturated heterocycles. The van der Waals surface area contributed by atoms with Crippen LogP contribution in [0.4, 0.5) is 5.00 Å². The minimum atomic E-state index is -0.219. The van der Waals surface area contributed by atoms with Crippen LogP contribution in [0.25, 0.3) is 0 Å². The van der Waals surface area contributed by atoms with E-state index in [0.29, 0.717) is 22.8 Å². The predicted octanol–water partition coefficient (Wildman–Crippen LogP) is 3.96. The Balaban J connectivity index is 1.54. The van der Waals surface area contributed by atoms with Gasteiger partial charge in [0.25, 0.3) is 5.91 Å². The second-order valence-corrected chi connectivity index (χ2v) is 8.31. The van der Waals surface area contributed by atoms with E-state index in [1.807, 2.05) is 19.9 Å². The molecule has 29 heavy (non-hydrogen) atoms. The van der Waals surface area contributed by atoms with Crippen LogP contribution in [0.5, 0.6) is 0 Å². The van der Waals surface area contributed by atoms with Crippen molar-refractivity contribution in [2.75, 3.05) is 11.9 Å². The number of fused-ring (bicyclic) bond motifs is 1. The van der Waals surface area contributed by atoms with Crippen LogP contribution in [-0.4, -0.2) is 27.1 Å². The summed E-state index contributed by atoms with van der Waals surface area (Å²) in [6.07, 6.45) is 0.823. The molecule has 148 valence electrons. The Morgan fingerprint density at radius 1 is 1.34 bits per heavy atom. The van der Waals surface area contributed by atoms with Crippen molar-refractivity contribution in [3.63, 3.8) is 0 Å². The standard InChI is InChI=1S/C22H23N5OS/c1-3-27-19(11-15(2)25-27)21(28)24-22-18(12-23)17-9-10-26(14-20(17)29-22)13-16-7-5-4-6-8-16/h4-8,11H,3,9-10,13-14H2,1-2H3,(H,24,28). The fourth-order valence-electron chi connectivity index (χ4n) is 3.78. The van der Waals surface area contributed by atoms with Gasteiger partial charge >= 0.3 is 0 Å². The van der Waals surface area contributed by atoms with Crippen molar-refractivity contribution in [1.82, 2.24) is 14.7 Å². The lowest BCUT2D eigenvalue weighted by atomic mass is 10.0. The third kappa shape index (κ3) is 3.95. The van der Waals surface area contributed by atoms with E-state index in [1.54, 1.807) is 10.7 Å². The van der Waals surface area contributed by atoms with E-state index in [4.69, 9.17) is 0 Å². The number of carbonyl (C=O) groups excluding carboxylic acids is 1. The van der Waals surface area contributed by atoms with E-state index < -0.39 is 0 Å². The Kier molecular flexibility index (Phi) is 5.47. The monoisotopic (exact) mass is 405 g/mol. The van der Waals surface area contributed by atoms with Crippen molar-refractivity contribution in [2.45, 2.75) is 39.9 Å². The zero-order chi connectivity index (χ0) is 20.4. The topological polar surface area (TPSA) is 74.0 Å². The summed E-state index contributed by atoms with van der Waals surface area (Å²) in [6, 6.07) is 14.5. The molecule has 6 nitrogen and oxygen atoms in total. The van der Waals surface area contributed by atoms with E-state index in [2.05, 4.69) is 45.7 Å². The van der Waals surface area contributed by atoms with Gasteiger partial charge in [-0.25, -0.2) is 0 Å². The SMILES string of the molecule is CCn1nc(C)cc1C(=O)Nc1sc2c(c1C#N)CCN(Cc1ccccc1)C2. The number of rotatable bonds is 5. The molecule has 1 N–H and O–H groups in total. The van der Waals surface area contributed by atoms with Gasteiger partial charge in [-0.3, -0.25) is 14.4 Å². The first-order valence-electron chi connectivity index (χ1n) is 9.75. The van der Waals surface area contributed by atoms with Gasteiger partial charge in [-0.15, -0.1) is 11.3 Å². The molecule has 0 radical (unpaired) electrons. The van der Waals surface area contributed by atoms with Gasteiger partial charge < -0.3 is 5.32 Å². The summed E-state index contributed by atoms with van der Waals surface area (Å²) in [5.74, 6) is -0.219. The minimum absolute atomic E-state index is 0.219. The number of nitriles is 1. The van der Waals surface area contributed by atoms with Crippen LogP contribution in [0.1, 0.15) is 44.7 Å². The second-order valence-electron chi connectivity index (χ2n) is 7.21. The fourth-order valence-corrected chi connectivity index (χ4v) is 5.01. The largest absolute Gasteiger partial charge is 0.311 e. The highest BCUT2D eigenvalue weighted by atomic mass is 32.1. The number of aryl methyl sites for hydroxylation is 2. The number of nitrogens with one attached hydrogen (secondary N) is 1. The first kappa shape index (κ1) is 19.4. The molecule has 4 rings (SSSR count). The zero-order valence-electron chi connectivity index (χ0n) is 16.6. The maximum Gasteiger partial charge on any atom is 0.274 e. The summed E-state index contributed by atoms with van der Waals surface area (Å²) in [5.41, 5.74) is 4.30. The lowest BCUT2D eigenvalue weighted by Crippen LogP contribution is -2.29. The molecular formula is C22H23N5OS. The van der Waals surface area contributed by atoms with Crippen molar-refractivity contribution in [3.05, 3.63) is 69.4 Å². The van der Waals surface area contributed by atoms with Crippen LogP contribution in [0.2, 0.25) is 0 Å². The number of nitrogens with zero attached hydrogens (tertiary/aromatic N) is 4. The molecule has 1 amide bonds. The first-order valence-corrected chi connectivity index (χ1v) is 10.6. The van der Waals surface area contributed by atoms with E-state index in [0.717, 1.165) is 37.3 Å². The zero-order valence-corrected chi connectivity index (χ0v) is 17.4. The number of amides is 1. The van der Waals surface area contributed by atoms with Gasteiger partial charge in [-0.1, -0.05) is 30.3 Å². The summed E-state index contributed by atoms with van der Waals surface area (Å²) in [5, 5.41) is 17.7. The Morgan fingerprint density at radius 2 is 2.14 bits per heavy atom.